The maximum absolute atomic E-state index is 14.0. The van der Waals surface area contributed by atoms with E-state index in [2.05, 4.69) is 38.5 Å². The monoisotopic (exact) mass is 459 g/mol. The second-order valence-corrected chi connectivity index (χ2v) is 8.64. The highest BCUT2D eigenvalue weighted by molar-refractivity contribution is 5.95. The molecule has 1 aliphatic rings. The number of piperidine rings is 1. The first-order valence-electron chi connectivity index (χ1n) is 11.2. The number of hydrogen-bond acceptors (Lipinski definition) is 4. The van der Waals surface area contributed by atoms with Crippen LogP contribution < -0.4 is 5.56 Å². The lowest BCUT2D eigenvalue weighted by Crippen LogP contribution is -2.38. The van der Waals surface area contributed by atoms with E-state index in [1.54, 1.807) is 6.92 Å². The van der Waals surface area contributed by atoms with Crippen LogP contribution in [-0.4, -0.2) is 53.3 Å². The van der Waals surface area contributed by atoms with Crippen molar-refractivity contribution in [1.29, 1.82) is 0 Å². The largest absolute Gasteiger partial charge is 0.361 e. The molecule has 34 heavy (non-hydrogen) atoms. The van der Waals surface area contributed by atoms with Crippen molar-refractivity contribution in [1.82, 2.24) is 34.3 Å². The maximum atomic E-state index is 14.0. The molecule has 5 aromatic rings. The highest BCUT2D eigenvalue weighted by Crippen LogP contribution is 2.33. The van der Waals surface area contributed by atoms with Gasteiger partial charge >= 0.3 is 0 Å². The zero-order chi connectivity index (χ0) is 23.4. The molecule has 5 heterocycles. The van der Waals surface area contributed by atoms with E-state index in [-0.39, 0.29) is 17.4 Å². The molecule has 0 bridgehead atoms. The minimum Gasteiger partial charge on any atom is -0.361 e. The van der Waals surface area contributed by atoms with E-state index in [0.29, 0.717) is 30.3 Å². The SMILES string of the molecule is Cc1c(C(=O)N2CCC(c3c[nH]c4ccccc34)CC2)cnn1-c1nn2c(F)ccc2c(=O)[nH]1. The number of nitrogens with zero attached hydrogens (tertiary/aromatic N) is 5. The Balaban J connectivity index is 1.23. The lowest BCUT2D eigenvalue weighted by Gasteiger charge is -2.32. The maximum Gasteiger partial charge on any atom is 0.276 e. The van der Waals surface area contributed by atoms with Gasteiger partial charge in [-0.15, -0.1) is 5.10 Å². The summed E-state index contributed by atoms with van der Waals surface area (Å²) in [7, 11) is 0. The first kappa shape index (κ1) is 20.4. The Morgan fingerprint density at radius 2 is 1.94 bits per heavy atom. The van der Waals surface area contributed by atoms with Crippen LogP contribution in [0.15, 0.2) is 53.6 Å². The van der Waals surface area contributed by atoms with E-state index < -0.39 is 11.5 Å². The van der Waals surface area contributed by atoms with Crippen LogP contribution in [0.1, 0.15) is 40.4 Å². The average Bonchev–Trinajstić information content (AvgIpc) is 3.56. The van der Waals surface area contributed by atoms with Crippen LogP contribution in [0.25, 0.3) is 22.4 Å². The molecule has 4 aromatic heterocycles. The topological polar surface area (TPSA) is 104 Å². The number of para-hydroxylation sites is 1. The summed E-state index contributed by atoms with van der Waals surface area (Å²) in [6.45, 7) is 3.02. The fourth-order valence-corrected chi connectivity index (χ4v) is 4.89. The minimum absolute atomic E-state index is 0.0437. The number of aromatic amines is 2. The predicted octanol–water partition coefficient (Wildman–Crippen LogP) is 3.16. The Kier molecular flexibility index (Phi) is 4.61. The van der Waals surface area contributed by atoms with Gasteiger partial charge in [0.15, 0.2) is 0 Å². The summed E-state index contributed by atoms with van der Waals surface area (Å²) in [6.07, 6.45) is 5.30. The fourth-order valence-electron chi connectivity index (χ4n) is 4.89. The second kappa shape index (κ2) is 7.68. The number of fused-ring (bicyclic) bond motifs is 2. The van der Waals surface area contributed by atoms with Crippen LogP contribution in [0.5, 0.6) is 0 Å². The number of aromatic nitrogens is 6. The number of benzene rings is 1. The third kappa shape index (κ3) is 3.13. The van der Waals surface area contributed by atoms with Crippen molar-refractivity contribution in [2.75, 3.05) is 13.1 Å². The molecule has 0 unspecified atom stereocenters. The van der Waals surface area contributed by atoms with Gasteiger partial charge in [-0.3, -0.25) is 14.6 Å². The Morgan fingerprint density at radius 1 is 1.15 bits per heavy atom. The van der Waals surface area contributed by atoms with E-state index in [9.17, 15) is 14.0 Å². The third-order valence-corrected chi connectivity index (χ3v) is 6.75. The summed E-state index contributed by atoms with van der Waals surface area (Å²) in [5, 5.41) is 9.62. The lowest BCUT2D eigenvalue weighted by molar-refractivity contribution is 0.0712. The summed E-state index contributed by atoms with van der Waals surface area (Å²) in [6, 6.07) is 10.8. The van der Waals surface area contributed by atoms with Crippen molar-refractivity contribution < 1.29 is 9.18 Å². The van der Waals surface area contributed by atoms with Gasteiger partial charge in [-0.2, -0.15) is 14.0 Å². The van der Waals surface area contributed by atoms with E-state index in [1.807, 2.05) is 17.0 Å². The fraction of sp³-hybridized carbons (Fsp3) is 0.250. The van der Waals surface area contributed by atoms with Gasteiger partial charge in [0.1, 0.15) is 5.52 Å². The highest BCUT2D eigenvalue weighted by Gasteiger charge is 2.28. The van der Waals surface area contributed by atoms with Gasteiger partial charge in [0, 0.05) is 30.2 Å². The highest BCUT2D eigenvalue weighted by atomic mass is 19.1. The number of hydrogen-bond donors (Lipinski definition) is 2. The molecule has 0 radical (unpaired) electrons. The van der Waals surface area contributed by atoms with Crippen molar-refractivity contribution in [3.05, 3.63) is 81.9 Å². The first-order valence-corrected chi connectivity index (χ1v) is 11.2. The van der Waals surface area contributed by atoms with E-state index in [0.717, 1.165) is 22.9 Å². The van der Waals surface area contributed by atoms with Gasteiger partial charge in [-0.1, -0.05) is 18.2 Å². The van der Waals surface area contributed by atoms with E-state index in [1.165, 1.54) is 34.0 Å². The summed E-state index contributed by atoms with van der Waals surface area (Å²) in [5.41, 5.74) is 2.99. The zero-order valence-corrected chi connectivity index (χ0v) is 18.5. The molecule has 1 saturated heterocycles. The normalized spacial score (nSPS) is 14.9. The smallest absolute Gasteiger partial charge is 0.276 e. The summed E-state index contributed by atoms with van der Waals surface area (Å²) < 4.78 is 16.3. The molecular weight excluding hydrogens is 437 g/mol. The number of nitrogens with one attached hydrogen (secondary N) is 2. The molecule has 1 aromatic carbocycles. The van der Waals surface area contributed by atoms with Crippen molar-refractivity contribution in [3.8, 4) is 5.95 Å². The predicted molar refractivity (Wildman–Crippen MR) is 124 cm³/mol. The quantitative estimate of drug-likeness (QED) is 0.433. The van der Waals surface area contributed by atoms with Crippen molar-refractivity contribution >= 4 is 22.3 Å². The molecule has 0 spiro atoms. The van der Waals surface area contributed by atoms with Gasteiger partial charge in [0.2, 0.25) is 11.9 Å². The summed E-state index contributed by atoms with van der Waals surface area (Å²) >= 11 is 0. The average molecular weight is 459 g/mol. The Hall–Kier alpha value is -4.21. The molecule has 9 nitrogen and oxygen atoms in total. The van der Waals surface area contributed by atoms with Crippen LogP contribution in [0.2, 0.25) is 0 Å². The molecule has 0 saturated carbocycles. The van der Waals surface area contributed by atoms with Gasteiger partial charge in [-0.05, 0) is 49.4 Å². The van der Waals surface area contributed by atoms with Crippen LogP contribution in [0.3, 0.4) is 0 Å². The number of carbonyl (C=O) groups is 1. The standard InChI is InChI=1S/C24H22FN7O2/c1-14-17(13-27-31(14)24-28-22(33)20-6-7-21(25)32(20)29-24)23(34)30-10-8-15(9-11-30)18-12-26-19-5-3-2-4-16(18)19/h2-7,12-13,15,26H,8-11H2,1H3,(H,28,29,33). The molecule has 0 atom stereocenters. The molecule has 0 aliphatic carbocycles. The van der Waals surface area contributed by atoms with Gasteiger partial charge in [0.05, 0.1) is 17.5 Å². The molecule has 1 aliphatic heterocycles. The summed E-state index contributed by atoms with van der Waals surface area (Å²) in [5.74, 6) is -0.332. The van der Waals surface area contributed by atoms with Crippen LogP contribution in [0, 0.1) is 12.9 Å². The Morgan fingerprint density at radius 3 is 2.76 bits per heavy atom. The lowest BCUT2D eigenvalue weighted by atomic mass is 9.89. The molecule has 1 fully saturated rings. The minimum atomic E-state index is -0.651. The molecule has 172 valence electrons. The first-order chi connectivity index (χ1) is 16.5. The summed E-state index contributed by atoms with van der Waals surface area (Å²) in [4.78, 5) is 33.4. The number of likely N-dealkylation sites (tertiary alicyclic amines) is 1. The van der Waals surface area contributed by atoms with Gasteiger partial charge in [0.25, 0.3) is 11.5 Å². The number of carbonyl (C=O) groups excluding carboxylic acids is 1. The van der Waals surface area contributed by atoms with Crippen molar-refractivity contribution in [2.45, 2.75) is 25.7 Å². The third-order valence-electron chi connectivity index (χ3n) is 6.75. The zero-order valence-electron chi connectivity index (χ0n) is 18.5. The Labute approximate surface area is 192 Å². The molecule has 10 heteroatoms. The molecule has 2 N–H and O–H groups in total. The van der Waals surface area contributed by atoms with Crippen LogP contribution in [0.4, 0.5) is 4.39 Å². The number of H-pyrrole nitrogens is 2. The van der Waals surface area contributed by atoms with Crippen LogP contribution >= 0.6 is 0 Å². The number of amides is 1. The Bertz CT molecular complexity index is 1600. The van der Waals surface area contributed by atoms with E-state index >= 15 is 0 Å². The molecule has 6 rings (SSSR count). The van der Waals surface area contributed by atoms with Crippen molar-refractivity contribution in [3.63, 3.8) is 0 Å². The molecular formula is C24H22FN7O2. The number of rotatable bonds is 3. The van der Waals surface area contributed by atoms with Gasteiger partial charge in [-0.25, -0.2) is 4.68 Å². The molecule has 1 amide bonds. The van der Waals surface area contributed by atoms with Crippen molar-refractivity contribution in [2.24, 2.45) is 0 Å². The van der Waals surface area contributed by atoms with Gasteiger partial charge < -0.3 is 9.88 Å². The van der Waals surface area contributed by atoms with Crippen LogP contribution in [-0.2, 0) is 0 Å². The van der Waals surface area contributed by atoms with E-state index in [4.69, 9.17) is 0 Å². The second-order valence-electron chi connectivity index (χ2n) is 8.64. The number of halogens is 1.